The first-order valence-corrected chi connectivity index (χ1v) is 11.9. The molecule has 0 aromatic heterocycles. The van der Waals surface area contributed by atoms with Gasteiger partial charge in [-0.25, -0.2) is 0 Å². The van der Waals surface area contributed by atoms with Gasteiger partial charge in [-0.2, -0.15) is 0 Å². The molecule has 1 aliphatic heterocycles. The summed E-state index contributed by atoms with van der Waals surface area (Å²) < 4.78 is 11.4. The Morgan fingerprint density at radius 3 is 2.54 bits per heavy atom. The summed E-state index contributed by atoms with van der Waals surface area (Å²) in [5, 5.41) is 0.934. The second-order valence-electron chi connectivity index (χ2n) is 7.98. The van der Waals surface area contributed by atoms with Gasteiger partial charge < -0.3 is 14.4 Å². The molecule has 0 radical (unpaired) electrons. The van der Waals surface area contributed by atoms with Gasteiger partial charge in [0.1, 0.15) is 18.1 Å². The van der Waals surface area contributed by atoms with Crippen LogP contribution in [0.25, 0.3) is 0 Å². The van der Waals surface area contributed by atoms with Crippen LogP contribution in [0.1, 0.15) is 18.9 Å². The first-order chi connectivity index (χ1) is 16.9. The van der Waals surface area contributed by atoms with Crippen molar-refractivity contribution in [1.82, 2.24) is 5.43 Å². The number of hydrazine groups is 1. The molecule has 1 saturated heterocycles. The summed E-state index contributed by atoms with van der Waals surface area (Å²) >= 11 is 12.0. The van der Waals surface area contributed by atoms with Gasteiger partial charge in [-0.05, 0) is 61.0 Å². The van der Waals surface area contributed by atoms with Gasteiger partial charge in [0.05, 0.1) is 28.3 Å². The first-order valence-electron chi connectivity index (χ1n) is 11.2. The second-order valence-corrected chi connectivity index (χ2v) is 8.79. The molecule has 1 fully saturated rings. The molecule has 9 heteroatoms. The molecule has 1 heterocycles. The molecule has 2 N–H and O–H groups in total. The molecule has 1 aliphatic rings. The van der Waals surface area contributed by atoms with Crippen LogP contribution >= 0.6 is 23.2 Å². The molecule has 0 aliphatic carbocycles. The van der Waals surface area contributed by atoms with Gasteiger partial charge >= 0.3 is 0 Å². The fourth-order valence-corrected chi connectivity index (χ4v) is 4.06. The molecule has 2 amide bonds. The minimum atomic E-state index is -0.481. The quantitative estimate of drug-likeness (QED) is 0.371. The summed E-state index contributed by atoms with van der Waals surface area (Å²) in [6.45, 7) is 3.06. The van der Waals surface area contributed by atoms with Crippen molar-refractivity contribution in [2.24, 2.45) is 5.92 Å². The van der Waals surface area contributed by atoms with Crippen LogP contribution in [-0.4, -0.2) is 25.0 Å². The number of ether oxygens (including phenoxy) is 2. The average molecular weight is 514 g/mol. The summed E-state index contributed by atoms with van der Waals surface area (Å²) in [7, 11) is 0. The minimum Gasteiger partial charge on any atom is -0.494 e. The van der Waals surface area contributed by atoms with Crippen LogP contribution < -0.4 is 25.2 Å². The Labute approximate surface area is 213 Å². The summed E-state index contributed by atoms with van der Waals surface area (Å²) in [6, 6.07) is 19.8. The van der Waals surface area contributed by atoms with E-state index in [9.17, 15) is 9.59 Å². The number of halogens is 2. The predicted molar refractivity (Wildman–Crippen MR) is 137 cm³/mol. The molecular weight excluding hydrogens is 489 g/mol. The van der Waals surface area contributed by atoms with E-state index in [4.69, 9.17) is 32.7 Å². The van der Waals surface area contributed by atoms with Crippen molar-refractivity contribution in [2.75, 3.05) is 23.5 Å². The van der Waals surface area contributed by atoms with Crippen molar-refractivity contribution < 1.29 is 19.1 Å². The van der Waals surface area contributed by atoms with Gasteiger partial charge in [-0.15, -0.1) is 0 Å². The predicted octanol–water partition coefficient (Wildman–Crippen LogP) is 5.47. The maximum absolute atomic E-state index is 12.8. The van der Waals surface area contributed by atoms with E-state index in [0.717, 1.165) is 17.0 Å². The Balaban J connectivity index is 1.34. The van der Waals surface area contributed by atoms with Crippen LogP contribution in [0, 0.1) is 5.92 Å². The number of para-hydroxylation sites is 2. The maximum Gasteiger partial charge on any atom is 0.243 e. The van der Waals surface area contributed by atoms with E-state index in [1.807, 2.05) is 49.4 Å². The SMILES string of the molecule is CCOc1ccc(N2C[C@H](C(=O)NNc3ccccc3OCc3ccc(Cl)c(Cl)c3)CC2=O)cc1. The fourth-order valence-electron chi connectivity index (χ4n) is 3.74. The number of carbonyl (C=O) groups is 2. The van der Waals surface area contributed by atoms with Crippen molar-refractivity contribution in [2.45, 2.75) is 20.0 Å². The third-order valence-corrected chi connectivity index (χ3v) is 6.28. The highest BCUT2D eigenvalue weighted by Crippen LogP contribution is 2.29. The van der Waals surface area contributed by atoms with Crippen LogP contribution in [0.15, 0.2) is 66.7 Å². The number of benzene rings is 3. The van der Waals surface area contributed by atoms with Crippen LogP contribution in [-0.2, 0) is 16.2 Å². The van der Waals surface area contributed by atoms with Gasteiger partial charge in [0, 0.05) is 18.7 Å². The lowest BCUT2D eigenvalue weighted by Crippen LogP contribution is -2.36. The van der Waals surface area contributed by atoms with E-state index < -0.39 is 5.92 Å². The summed E-state index contributed by atoms with van der Waals surface area (Å²) in [6.07, 6.45) is 0.135. The highest BCUT2D eigenvalue weighted by Gasteiger charge is 2.35. The Morgan fingerprint density at radius 2 is 1.80 bits per heavy atom. The Kier molecular flexibility index (Phi) is 8.00. The zero-order valence-electron chi connectivity index (χ0n) is 19.1. The van der Waals surface area contributed by atoms with Crippen molar-refractivity contribution in [3.8, 4) is 11.5 Å². The van der Waals surface area contributed by atoms with Gasteiger partial charge in [-0.3, -0.25) is 20.4 Å². The van der Waals surface area contributed by atoms with Crippen molar-refractivity contribution in [1.29, 1.82) is 0 Å². The van der Waals surface area contributed by atoms with Gasteiger partial charge in [-0.1, -0.05) is 41.4 Å². The zero-order valence-corrected chi connectivity index (χ0v) is 20.6. The summed E-state index contributed by atoms with van der Waals surface area (Å²) in [5.41, 5.74) is 7.82. The fraction of sp³-hybridized carbons (Fsp3) is 0.231. The smallest absolute Gasteiger partial charge is 0.243 e. The molecule has 0 unspecified atom stereocenters. The Hall–Kier alpha value is -3.42. The van der Waals surface area contributed by atoms with E-state index in [1.165, 1.54) is 0 Å². The molecular formula is C26H25Cl2N3O4. The largest absolute Gasteiger partial charge is 0.494 e. The molecule has 0 bridgehead atoms. The number of rotatable bonds is 9. The standard InChI is InChI=1S/C26H25Cl2N3O4/c1-2-34-20-10-8-19(9-11-20)31-15-18(14-25(31)32)26(33)30-29-23-5-3-4-6-24(23)35-16-17-7-12-21(27)22(28)13-17/h3-13,18,29H,2,14-16H2,1H3,(H,30,33)/t18-/m1/s1. The molecule has 35 heavy (non-hydrogen) atoms. The third kappa shape index (κ3) is 6.18. The molecule has 0 spiro atoms. The van der Waals surface area contributed by atoms with Gasteiger partial charge in [0.15, 0.2) is 0 Å². The molecule has 4 rings (SSSR count). The third-order valence-electron chi connectivity index (χ3n) is 5.54. The maximum atomic E-state index is 12.8. The van der Waals surface area contributed by atoms with E-state index in [-0.39, 0.29) is 24.8 Å². The van der Waals surface area contributed by atoms with Gasteiger partial charge in [0.2, 0.25) is 11.8 Å². The monoisotopic (exact) mass is 513 g/mol. The normalized spacial score (nSPS) is 15.1. The number of carbonyl (C=O) groups excluding carboxylic acids is 2. The summed E-state index contributed by atoms with van der Waals surface area (Å²) in [5.74, 6) is 0.440. The number of amides is 2. The van der Waals surface area contributed by atoms with E-state index >= 15 is 0 Å². The van der Waals surface area contributed by atoms with Gasteiger partial charge in [0.25, 0.3) is 0 Å². The topological polar surface area (TPSA) is 79.9 Å². The van der Waals surface area contributed by atoms with E-state index in [1.54, 1.807) is 29.2 Å². The number of nitrogens with zero attached hydrogens (tertiary/aromatic N) is 1. The average Bonchev–Trinajstić information content (AvgIpc) is 3.26. The Morgan fingerprint density at radius 1 is 1.03 bits per heavy atom. The molecule has 182 valence electrons. The molecule has 3 aromatic rings. The van der Waals surface area contributed by atoms with Crippen molar-refractivity contribution >= 4 is 46.4 Å². The van der Waals surface area contributed by atoms with Crippen LogP contribution in [0.3, 0.4) is 0 Å². The highest BCUT2D eigenvalue weighted by atomic mass is 35.5. The van der Waals surface area contributed by atoms with E-state index in [2.05, 4.69) is 10.9 Å². The van der Waals surface area contributed by atoms with Crippen molar-refractivity contribution in [3.05, 3.63) is 82.3 Å². The lowest BCUT2D eigenvalue weighted by Gasteiger charge is -2.18. The number of anilines is 2. The molecule has 0 saturated carbocycles. The lowest BCUT2D eigenvalue weighted by atomic mass is 10.1. The minimum absolute atomic E-state index is 0.0975. The number of hydrogen-bond donors (Lipinski definition) is 2. The number of nitrogens with one attached hydrogen (secondary N) is 2. The lowest BCUT2D eigenvalue weighted by molar-refractivity contribution is -0.125. The summed E-state index contributed by atoms with van der Waals surface area (Å²) in [4.78, 5) is 27.0. The van der Waals surface area contributed by atoms with Crippen LogP contribution in [0.2, 0.25) is 10.0 Å². The van der Waals surface area contributed by atoms with Crippen LogP contribution in [0.5, 0.6) is 11.5 Å². The van der Waals surface area contributed by atoms with E-state index in [0.29, 0.717) is 34.6 Å². The second kappa shape index (κ2) is 11.3. The zero-order chi connectivity index (χ0) is 24.8. The Bertz CT molecular complexity index is 1200. The van der Waals surface area contributed by atoms with Crippen LogP contribution in [0.4, 0.5) is 11.4 Å². The van der Waals surface area contributed by atoms with Crippen molar-refractivity contribution in [3.63, 3.8) is 0 Å². The molecule has 3 aromatic carbocycles. The highest BCUT2D eigenvalue weighted by molar-refractivity contribution is 6.42. The number of hydrogen-bond acceptors (Lipinski definition) is 5. The molecule has 7 nitrogen and oxygen atoms in total. The molecule has 1 atom stereocenters. The first kappa shape index (κ1) is 24.7.